The summed E-state index contributed by atoms with van der Waals surface area (Å²) in [5.41, 5.74) is 0.237. The smallest absolute Gasteiger partial charge is 0.339 e. The lowest BCUT2D eigenvalue weighted by Crippen LogP contribution is -2.27. The van der Waals surface area contributed by atoms with Crippen LogP contribution in [0.15, 0.2) is 6.20 Å². The van der Waals surface area contributed by atoms with E-state index in [-0.39, 0.29) is 41.9 Å². The summed E-state index contributed by atoms with van der Waals surface area (Å²) in [4.78, 5) is 42.1. The number of aryl methyl sites for hydroxylation is 1. The van der Waals surface area contributed by atoms with Crippen LogP contribution in [0.5, 0.6) is 0 Å². The summed E-state index contributed by atoms with van der Waals surface area (Å²) in [6.45, 7) is 1.46. The van der Waals surface area contributed by atoms with E-state index in [9.17, 15) is 14.4 Å². The number of carboxylic acids is 1. The third-order valence-corrected chi connectivity index (χ3v) is 2.42. The first-order valence-corrected chi connectivity index (χ1v) is 4.88. The third kappa shape index (κ3) is 1.99. The van der Waals surface area contributed by atoms with Gasteiger partial charge in [0.15, 0.2) is 5.78 Å². The minimum Gasteiger partial charge on any atom is -0.478 e. The molecule has 1 aromatic rings. The zero-order chi connectivity index (χ0) is 12.6. The highest BCUT2D eigenvalue weighted by atomic mass is 16.4. The zero-order valence-corrected chi connectivity index (χ0v) is 9.01. The highest BCUT2D eigenvalue weighted by Gasteiger charge is 2.30. The molecular formula is C10H9N3O4. The van der Waals surface area contributed by atoms with Crippen LogP contribution in [-0.4, -0.2) is 39.3 Å². The van der Waals surface area contributed by atoms with Gasteiger partial charge in [-0.25, -0.2) is 14.8 Å². The molecule has 0 radical (unpaired) electrons. The molecule has 17 heavy (non-hydrogen) atoms. The molecule has 2 heterocycles. The van der Waals surface area contributed by atoms with Crippen molar-refractivity contribution in [1.29, 1.82) is 0 Å². The van der Waals surface area contributed by atoms with E-state index < -0.39 is 5.97 Å². The maximum atomic E-state index is 11.4. The zero-order valence-electron chi connectivity index (χ0n) is 9.01. The maximum Gasteiger partial charge on any atom is 0.339 e. The van der Waals surface area contributed by atoms with Crippen LogP contribution in [0.3, 0.4) is 0 Å². The standard InChI is InChI=1S/C10H9N3O4/c1-5-7(9(16)17)3-11-10(12-5)13-4-6(14)2-8(13)15/h3H,2,4H2,1H3,(H,16,17). The molecule has 1 aliphatic rings. The number of carboxylic acid groups (broad SMARTS) is 1. The molecule has 7 heteroatoms. The number of rotatable bonds is 2. The van der Waals surface area contributed by atoms with Gasteiger partial charge in [-0.2, -0.15) is 0 Å². The molecule has 88 valence electrons. The van der Waals surface area contributed by atoms with E-state index in [2.05, 4.69) is 9.97 Å². The molecule has 1 aromatic heterocycles. The van der Waals surface area contributed by atoms with Crippen molar-refractivity contribution in [2.24, 2.45) is 0 Å². The number of aromatic carboxylic acids is 1. The predicted molar refractivity (Wildman–Crippen MR) is 55.7 cm³/mol. The number of anilines is 1. The molecule has 0 unspecified atom stereocenters. The second-order valence-electron chi connectivity index (χ2n) is 3.67. The van der Waals surface area contributed by atoms with Crippen LogP contribution in [0.1, 0.15) is 22.5 Å². The van der Waals surface area contributed by atoms with Gasteiger partial charge in [-0.3, -0.25) is 14.5 Å². The average molecular weight is 235 g/mol. The summed E-state index contributed by atoms with van der Waals surface area (Å²) in [6, 6.07) is 0. The number of carbonyl (C=O) groups excluding carboxylic acids is 2. The normalized spacial score (nSPS) is 15.5. The Morgan fingerprint density at radius 2 is 2.18 bits per heavy atom. The summed E-state index contributed by atoms with van der Waals surface area (Å²) in [7, 11) is 0. The molecule has 0 atom stereocenters. The van der Waals surface area contributed by atoms with Crippen molar-refractivity contribution < 1.29 is 19.5 Å². The molecule has 2 rings (SSSR count). The molecule has 1 N–H and O–H groups in total. The number of ketones is 1. The highest BCUT2D eigenvalue weighted by molar-refractivity contribution is 6.14. The van der Waals surface area contributed by atoms with E-state index in [1.54, 1.807) is 0 Å². The second-order valence-corrected chi connectivity index (χ2v) is 3.67. The van der Waals surface area contributed by atoms with Crippen molar-refractivity contribution in [2.75, 3.05) is 11.4 Å². The summed E-state index contributed by atoms with van der Waals surface area (Å²) in [5.74, 6) is -1.61. The molecule has 0 saturated carbocycles. The summed E-state index contributed by atoms with van der Waals surface area (Å²) < 4.78 is 0. The Bertz CT molecular complexity index is 526. The van der Waals surface area contributed by atoms with Crippen LogP contribution in [0, 0.1) is 6.92 Å². The number of hydrogen-bond donors (Lipinski definition) is 1. The van der Waals surface area contributed by atoms with Crippen LogP contribution in [-0.2, 0) is 9.59 Å². The van der Waals surface area contributed by atoms with Crippen molar-refractivity contribution in [1.82, 2.24) is 9.97 Å². The molecule has 1 fully saturated rings. The fraction of sp³-hybridized carbons (Fsp3) is 0.300. The number of nitrogens with zero attached hydrogens (tertiary/aromatic N) is 3. The molecule has 0 spiro atoms. The van der Waals surface area contributed by atoms with E-state index >= 15 is 0 Å². The van der Waals surface area contributed by atoms with Crippen LogP contribution in [0.2, 0.25) is 0 Å². The largest absolute Gasteiger partial charge is 0.478 e. The lowest BCUT2D eigenvalue weighted by Gasteiger charge is -2.12. The first kappa shape index (κ1) is 11.2. The van der Waals surface area contributed by atoms with Gasteiger partial charge < -0.3 is 5.11 Å². The molecular weight excluding hydrogens is 226 g/mol. The highest BCUT2D eigenvalue weighted by Crippen LogP contribution is 2.16. The SMILES string of the molecule is Cc1nc(N2CC(=O)CC2=O)ncc1C(=O)O. The van der Waals surface area contributed by atoms with Crippen molar-refractivity contribution >= 4 is 23.6 Å². The molecule has 1 saturated heterocycles. The Morgan fingerprint density at radius 3 is 2.65 bits per heavy atom. The van der Waals surface area contributed by atoms with Gasteiger partial charge >= 0.3 is 5.97 Å². The summed E-state index contributed by atoms with van der Waals surface area (Å²) >= 11 is 0. The molecule has 1 aliphatic heterocycles. The van der Waals surface area contributed by atoms with E-state index in [1.807, 2.05) is 0 Å². The fourth-order valence-electron chi connectivity index (χ4n) is 1.56. The van der Waals surface area contributed by atoms with Gasteiger partial charge in [-0.1, -0.05) is 0 Å². The van der Waals surface area contributed by atoms with E-state index in [0.717, 1.165) is 11.1 Å². The van der Waals surface area contributed by atoms with E-state index in [4.69, 9.17) is 5.11 Å². The number of aromatic nitrogens is 2. The van der Waals surface area contributed by atoms with Gasteiger partial charge in [-0.05, 0) is 6.92 Å². The molecule has 7 nitrogen and oxygen atoms in total. The molecule has 0 aromatic carbocycles. The van der Waals surface area contributed by atoms with Crippen LogP contribution in [0.25, 0.3) is 0 Å². The topological polar surface area (TPSA) is 100 Å². The van der Waals surface area contributed by atoms with Gasteiger partial charge in [-0.15, -0.1) is 0 Å². The van der Waals surface area contributed by atoms with Gasteiger partial charge in [0, 0.05) is 6.20 Å². The Morgan fingerprint density at radius 1 is 1.47 bits per heavy atom. The van der Waals surface area contributed by atoms with E-state index in [1.165, 1.54) is 6.92 Å². The summed E-state index contributed by atoms with van der Waals surface area (Å²) in [5, 5.41) is 8.80. The summed E-state index contributed by atoms with van der Waals surface area (Å²) in [6.07, 6.45) is 0.985. The van der Waals surface area contributed by atoms with Crippen LogP contribution < -0.4 is 4.90 Å². The Kier molecular flexibility index (Phi) is 2.58. The first-order valence-electron chi connectivity index (χ1n) is 4.88. The first-order chi connectivity index (χ1) is 7.99. The van der Waals surface area contributed by atoms with Gasteiger partial charge in [0.25, 0.3) is 0 Å². The lowest BCUT2D eigenvalue weighted by molar-refractivity contribution is -0.121. The fourth-order valence-corrected chi connectivity index (χ4v) is 1.56. The van der Waals surface area contributed by atoms with Crippen LogP contribution >= 0.6 is 0 Å². The van der Waals surface area contributed by atoms with Crippen molar-refractivity contribution in [3.63, 3.8) is 0 Å². The van der Waals surface area contributed by atoms with Crippen molar-refractivity contribution in [2.45, 2.75) is 13.3 Å². The Labute approximate surface area is 96.1 Å². The number of hydrogen-bond acceptors (Lipinski definition) is 5. The Hall–Kier alpha value is -2.31. The predicted octanol–water partition coefficient (Wildman–Crippen LogP) is -0.211. The minimum absolute atomic E-state index is 0.0216. The molecule has 1 amide bonds. The molecule has 0 bridgehead atoms. The quantitative estimate of drug-likeness (QED) is 0.712. The number of carbonyl (C=O) groups is 3. The average Bonchev–Trinajstić information content (AvgIpc) is 2.57. The second kappa shape index (κ2) is 3.93. The van der Waals surface area contributed by atoms with Gasteiger partial charge in [0.2, 0.25) is 11.9 Å². The third-order valence-electron chi connectivity index (χ3n) is 2.42. The van der Waals surface area contributed by atoms with Crippen molar-refractivity contribution in [3.8, 4) is 0 Å². The monoisotopic (exact) mass is 235 g/mol. The van der Waals surface area contributed by atoms with E-state index in [0.29, 0.717) is 0 Å². The lowest BCUT2D eigenvalue weighted by atomic mass is 10.2. The number of Topliss-reactive ketones (excluding diaryl/α,β-unsaturated/α-hetero) is 1. The van der Waals surface area contributed by atoms with Gasteiger partial charge in [0.1, 0.15) is 0 Å². The maximum absolute atomic E-state index is 11.4. The minimum atomic E-state index is -1.13. The van der Waals surface area contributed by atoms with Crippen LogP contribution in [0.4, 0.5) is 5.95 Å². The van der Waals surface area contributed by atoms with Crippen molar-refractivity contribution in [3.05, 3.63) is 17.5 Å². The Balaban J connectivity index is 2.35. The number of amides is 1. The molecule has 0 aliphatic carbocycles. The van der Waals surface area contributed by atoms with Gasteiger partial charge in [0.05, 0.1) is 24.2 Å².